The molecule has 6 heteroatoms. The van der Waals surface area contributed by atoms with E-state index >= 15 is 0 Å². The average Bonchev–Trinajstić information content (AvgIpc) is 2.25. The van der Waals surface area contributed by atoms with Crippen molar-refractivity contribution in [2.24, 2.45) is 0 Å². The third-order valence-corrected chi connectivity index (χ3v) is 3.03. The van der Waals surface area contributed by atoms with Crippen molar-refractivity contribution >= 4 is 12.1 Å². The molecule has 0 aromatic heterocycles. The summed E-state index contributed by atoms with van der Waals surface area (Å²) in [7, 11) is 0. The standard InChI is InChI=1S/C14H25NO5/c1-6-19-11(16)10-7-8-14(5,18)9-15(10)12(17)20-13(2,3)4/h10,18H,6-9H2,1-5H3/t10-,14+/m0/s1. The third-order valence-electron chi connectivity index (χ3n) is 3.03. The van der Waals surface area contributed by atoms with E-state index in [2.05, 4.69) is 0 Å². The molecule has 2 atom stereocenters. The lowest BCUT2D eigenvalue weighted by atomic mass is 9.90. The maximum atomic E-state index is 12.2. The fourth-order valence-corrected chi connectivity index (χ4v) is 2.16. The second-order valence-corrected chi connectivity index (χ2v) is 6.41. The van der Waals surface area contributed by atoms with Gasteiger partial charge in [0.1, 0.15) is 11.6 Å². The van der Waals surface area contributed by atoms with Crippen LogP contribution in [0.4, 0.5) is 4.79 Å². The van der Waals surface area contributed by atoms with E-state index in [9.17, 15) is 14.7 Å². The molecule has 20 heavy (non-hydrogen) atoms. The molecule has 0 radical (unpaired) electrons. The summed E-state index contributed by atoms with van der Waals surface area (Å²) in [6.45, 7) is 8.95. The van der Waals surface area contributed by atoms with E-state index in [1.807, 2.05) is 0 Å². The molecular weight excluding hydrogens is 262 g/mol. The number of amides is 1. The second-order valence-electron chi connectivity index (χ2n) is 6.41. The molecule has 1 fully saturated rings. The number of carbonyl (C=O) groups excluding carboxylic acids is 2. The van der Waals surface area contributed by atoms with Crippen LogP contribution in [0.2, 0.25) is 0 Å². The van der Waals surface area contributed by atoms with Gasteiger partial charge in [0.25, 0.3) is 0 Å². The smallest absolute Gasteiger partial charge is 0.411 e. The van der Waals surface area contributed by atoms with Crippen molar-refractivity contribution in [1.29, 1.82) is 0 Å². The van der Waals surface area contributed by atoms with Crippen molar-refractivity contribution in [3.05, 3.63) is 0 Å². The molecule has 1 amide bonds. The van der Waals surface area contributed by atoms with Gasteiger partial charge < -0.3 is 14.6 Å². The molecule has 1 heterocycles. The van der Waals surface area contributed by atoms with Crippen molar-refractivity contribution in [3.8, 4) is 0 Å². The Kier molecular flexibility index (Phi) is 5.02. The highest BCUT2D eigenvalue weighted by Gasteiger charge is 2.42. The van der Waals surface area contributed by atoms with Crippen LogP contribution in [0.15, 0.2) is 0 Å². The Morgan fingerprint density at radius 2 is 2.00 bits per heavy atom. The van der Waals surface area contributed by atoms with E-state index in [1.165, 1.54) is 4.90 Å². The molecule has 0 unspecified atom stereocenters. The number of aliphatic hydroxyl groups is 1. The maximum absolute atomic E-state index is 12.2. The van der Waals surface area contributed by atoms with Gasteiger partial charge in [0.15, 0.2) is 0 Å². The number of esters is 1. The van der Waals surface area contributed by atoms with Crippen molar-refractivity contribution in [2.45, 2.75) is 64.7 Å². The van der Waals surface area contributed by atoms with E-state index in [1.54, 1.807) is 34.6 Å². The lowest BCUT2D eigenvalue weighted by molar-refractivity contribution is -0.154. The highest BCUT2D eigenvalue weighted by atomic mass is 16.6. The second kappa shape index (κ2) is 5.99. The Labute approximate surface area is 120 Å². The Hall–Kier alpha value is -1.30. The molecule has 1 aliphatic heterocycles. The van der Waals surface area contributed by atoms with Crippen LogP contribution in [0.5, 0.6) is 0 Å². The molecule has 0 bridgehead atoms. The molecule has 1 saturated heterocycles. The number of hydrogen-bond acceptors (Lipinski definition) is 5. The summed E-state index contributed by atoms with van der Waals surface area (Å²) in [4.78, 5) is 25.4. The number of nitrogens with zero attached hydrogens (tertiary/aromatic N) is 1. The van der Waals surface area contributed by atoms with Gasteiger partial charge in [-0.1, -0.05) is 0 Å². The van der Waals surface area contributed by atoms with Crippen LogP contribution in [0.25, 0.3) is 0 Å². The van der Waals surface area contributed by atoms with E-state index < -0.39 is 29.3 Å². The predicted molar refractivity (Wildman–Crippen MR) is 73.2 cm³/mol. The molecule has 0 aromatic carbocycles. The van der Waals surface area contributed by atoms with E-state index in [0.717, 1.165) is 0 Å². The first-order valence-electron chi connectivity index (χ1n) is 6.94. The Morgan fingerprint density at radius 3 is 2.50 bits per heavy atom. The van der Waals surface area contributed by atoms with Gasteiger partial charge in [0, 0.05) is 0 Å². The highest BCUT2D eigenvalue weighted by molar-refractivity contribution is 5.82. The molecule has 0 saturated carbocycles. The normalized spacial score (nSPS) is 27.1. The number of rotatable bonds is 2. The SMILES string of the molecule is CCOC(=O)[C@@H]1CC[C@@](C)(O)CN1C(=O)OC(C)(C)C. The monoisotopic (exact) mass is 287 g/mol. The molecular formula is C14H25NO5. The Bertz CT molecular complexity index is 372. The van der Waals surface area contributed by atoms with Gasteiger partial charge in [-0.25, -0.2) is 9.59 Å². The van der Waals surface area contributed by atoms with Crippen molar-refractivity contribution in [1.82, 2.24) is 4.90 Å². The predicted octanol–water partition coefficient (Wildman–Crippen LogP) is 1.70. The molecule has 0 aliphatic carbocycles. The molecule has 116 valence electrons. The number of likely N-dealkylation sites (tertiary alicyclic amines) is 1. The van der Waals surface area contributed by atoms with Crippen LogP contribution in [0, 0.1) is 0 Å². The summed E-state index contributed by atoms with van der Waals surface area (Å²) >= 11 is 0. The fourth-order valence-electron chi connectivity index (χ4n) is 2.16. The fraction of sp³-hybridized carbons (Fsp3) is 0.857. The van der Waals surface area contributed by atoms with Gasteiger partial charge in [-0.3, -0.25) is 4.90 Å². The minimum Gasteiger partial charge on any atom is -0.464 e. The summed E-state index contributed by atoms with van der Waals surface area (Å²) < 4.78 is 10.3. The molecule has 0 spiro atoms. The number of β-amino-alcohol motifs (C(OH)–C–C–N with tert-alkyl or cyclic N) is 1. The van der Waals surface area contributed by atoms with Gasteiger partial charge in [0.05, 0.1) is 18.8 Å². The zero-order valence-corrected chi connectivity index (χ0v) is 12.9. The first-order valence-corrected chi connectivity index (χ1v) is 6.94. The van der Waals surface area contributed by atoms with Gasteiger partial charge in [-0.05, 0) is 47.5 Å². The summed E-state index contributed by atoms with van der Waals surface area (Å²) in [5.41, 5.74) is -1.67. The van der Waals surface area contributed by atoms with Crippen LogP contribution in [0.1, 0.15) is 47.5 Å². The van der Waals surface area contributed by atoms with Gasteiger partial charge in [0.2, 0.25) is 0 Å². The molecule has 1 N–H and O–H groups in total. The number of carbonyl (C=O) groups is 2. The van der Waals surface area contributed by atoms with Gasteiger partial charge in [-0.2, -0.15) is 0 Å². The maximum Gasteiger partial charge on any atom is 0.411 e. The minimum absolute atomic E-state index is 0.0609. The quantitative estimate of drug-likeness (QED) is 0.782. The Morgan fingerprint density at radius 1 is 1.40 bits per heavy atom. The van der Waals surface area contributed by atoms with Crippen molar-refractivity contribution in [3.63, 3.8) is 0 Å². The zero-order valence-electron chi connectivity index (χ0n) is 12.9. The molecule has 6 nitrogen and oxygen atoms in total. The first kappa shape index (κ1) is 16.8. The first-order chi connectivity index (χ1) is 9.06. The molecule has 1 aliphatic rings. The summed E-state index contributed by atoms with van der Waals surface area (Å²) in [5, 5.41) is 10.1. The van der Waals surface area contributed by atoms with Crippen LogP contribution in [-0.2, 0) is 14.3 Å². The zero-order chi connectivity index (χ0) is 15.6. The largest absolute Gasteiger partial charge is 0.464 e. The van der Waals surface area contributed by atoms with Crippen molar-refractivity contribution < 1.29 is 24.2 Å². The van der Waals surface area contributed by atoms with Crippen LogP contribution in [-0.4, -0.2) is 52.5 Å². The minimum atomic E-state index is -1.01. The van der Waals surface area contributed by atoms with Gasteiger partial charge >= 0.3 is 12.1 Å². The topological polar surface area (TPSA) is 76.1 Å². The van der Waals surface area contributed by atoms with E-state index in [4.69, 9.17) is 9.47 Å². The number of hydrogen-bond donors (Lipinski definition) is 1. The van der Waals surface area contributed by atoms with Gasteiger partial charge in [-0.15, -0.1) is 0 Å². The third kappa shape index (κ3) is 4.67. The van der Waals surface area contributed by atoms with Crippen LogP contribution >= 0.6 is 0 Å². The summed E-state index contributed by atoms with van der Waals surface area (Å²) in [5.74, 6) is -0.450. The van der Waals surface area contributed by atoms with Crippen LogP contribution in [0.3, 0.4) is 0 Å². The average molecular weight is 287 g/mol. The van der Waals surface area contributed by atoms with E-state index in [-0.39, 0.29) is 13.2 Å². The number of piperidine rings is 1. The van der Waals surface area contributed by atoms with Crippen LogP contribution < -0.4 is 0 Å². The van der Waals surface area contributed by atoms with E-state index in [0.29, 0.717) is 12.8 Å². The molecule has 1 rings (SSSR count). The molecule has 0 aromatic rings. The highest BCUT2D eigenvalue weighted by Crippen LogP contribution is 2.27. The summed E-state index contributed by atoms with van der Waals surface area (Å²) in [6.07, 6.45) is 0.205. The Balaban J connectivity index is 2.87. The number of ether oxygens (including phenoxy) is 2. The lowest BCUT2D eigenvalue weighted by Gasteiger charge is -2.41. The van der Waals surface area contributed by atoms with Crippen molar-refractivity contribution in [2.75, 3.05) is 13.2 Å². The lowest BCUT2D eigenvalue weighted by Crippen LogP contribution is -2.57. The summed E-state index contributed by atoms with van der Waals surface area (Å²) in [6, 6.07) is -0.690.